The van der Waals surface area contributed by atoms with E-state index in [0.29, 0.717) is 5.96 Å². The number of guanidine groups is 2. The number of nitrogens with two attached hydrogens (primary N) is 2. The molecule has 0 amide bonds. The molecule has 0 spiro atoms. The lowest BCUT2D eigenvalue weighted by Gasteiger charge is -2.17. The largest absolute Gasteiger partial charge is 0.369 e. The van der Waals surface area contributed by atoms with E-state index in [9.17, 15) is 0 Å². The summed E-state index contributed by atoms with van der Waals surface area (Å²) in [6.45, 7) is 2.80. The summed E-state index contributed by atoms with van der Waals surface area (Å²) < 4.78 is 0. The Morgan fingerprint density at radius 1 is 1.44 bits per heavy atom. The molecule has 88 valence electrons. The van der Waals surface area contributed by atoms with E-state index < -0.39 is 0 Å². The highest BCUT2D eigenvalue weighted by molar-refractivity contribution is 7.08. The second kappa shape index (κ2) is 5.50. The number of aliphatic imine (C=N–C) groups is 2. The van der Waals surface area contributed by atoms with E-state index in [1.54, 1.807) is 18.4 Å². The molecule has 6 heteroatoms. The van der Waals surface area contributed by atoms with Gasteiger partial charge in [-0.2, -0.15) is 16.3 Å². The van der Waals surface area contributed by atoms with E-state index in [2.05, 4.69) is 27.7 Å². The van der Waals surface area contributed by atoms with E-state index in [1.165, 1.54) is 11.1 Å². The first-order chi connectivity index (χ1) is 7.54. The lowest BCUT2D eigenvalue weighted by atomic mass is 10.2. The van der Waals surface area contributed by atoms with Gasteiger partial charge in [0.1, 0.15) is 0 Å². The molecule has 0 aliphatic heterocycles. The molecule has 0 atom stereocenters. The molecule has 0 radical (unpaired) electrons. The van der Waals surface area contributed by atoms with Crippen LogP contribution < -0.4 is 11.5 Å². The van der Waals surface area contributed by atoms with Gasteiger partial charge in [0.15, 0.2) is 5.96 Å². The van der Waals surface area contributed by atoms with Crippen molar-refractivity contribution >= 4 is 23.3 Å². The van der Waals surface area contributed by atoms with Crippen molar-refractivity contribution in [2.75, 3.05) is 14.1 Å². The Hall–Kier alpha value is -1.56. The van der Waals surface area contributed by atoms with Crippen LogP contribution in [0.15, 0.2) is 20.7 Å². The van der Waals surface area contributed by atoms with Crippen LogP contribution in [0.1, 0.15) is 11.1 Å². The molecular formula is C10H17N5S. The van der Waals surface area contributed by atoms with Crippen LogP contribution >= 0.6 is 11.3 Å². The van der Waals surface area contributed by atoms with Crippen molar-refractivity contribution in [3.8, 4) is 0 Å². The summed E-state index contributed by atoms with van der Waals surface area (Å²) in [6, 6.07) is 0. The minimum absolute atomic E-state index is 0.186. The van der Waals surface area contributed by atoms with Crippen molar-refractivity contribution in [3.05, 3.63) is 21.9 Å². The van der Waals surface area contributed by atoms with Crippen LogP contribution in [0.4, 0.5) is 0 Å². The summed E-state index contributed by atoms with van der Waals surface area (Å²) >= 11 is 1.68. The van der Waals surface area contributed by atoms with Gasteiger partial charge in [0.05, 0.1) is 0 Å². The molecule has 0 aliphatic rings. The fourth-order valence-electron chi connectivity index (χ4n) is 1.14. The summed E-state index contributed by atoms with van der Waals surface area (Å²) in [4.78, 5) is 9.53. The first-order valence-corrected chi connectivity index (χ1v) is 5.78. The summed E-state index contributed by atoms with van der Waals surface area (Å²) in [7, 11) is 3.45. The van der Waals surface area contributed by atoms with Gasteiger partial charge in [-0.3, -0.25) is 4.99 Å². The highest BCUT2D eigenvalue weighted by Gasteiger charge is 2.06. The van der Waals surface area contributed by atoms with Crippen LogP contribution in [0.2, 0.25) is 0 Å². The van der Waals surface area contributed by atoms with Gasteiger partial charge in [-0.15, -0.1) is 0 Å². The Bertz CT molecular complexity index is 407. The first-order valence-electron chi connectivity index (χ1n) is 4.83. The predicted octanol–water partition coefficient (Wildman–Crippen LogP) is 0.748. The molecule has 0 saturated heterocycles. The number of thiophene rings is 1. The fraction of sp³-hybridized carbons (Fsp3) is 0.400. The fourth-order valence-corrected chi connectivity index (χ4v) is 1.99. The maximum absolute atomic E-state index is 5.78. The van der Waals surface area contributed by atoms with Crippen LogP contribution in [0, 0.1) is 6.92 Å². The molecule has 4 N–H and O–H groups in total. The van der Waals surface area contributed by atoms with E-state index in [0.717, 1.165) is 6.54 Å². The third kappa shape index (κ3) is 3.23. The second-order valence-electron chi connectivity index (χ2n) is 3.49. The lowest BCUT2D eigenvalue weighted by Crippen LogP contribution is -2.35. The highest BCUT2D eigenvalue weighted by Crippen LogP contribution is 2.14. The van der Waals surface area contributed by atoms with Crippen LogP contribution in [-0.2, 0) is 6.54 Å². The molecule has 0 saturated carbocycles. The van der Waals surface area contributed by atoms with Gasteiger partial charge < -0.3 is 16.4 Å². The highest BCUT2D eigenvalue weighted by atomic mass is 32.1. The summed E-state index contributed by atoms with van der Waals surface area (Å²) in [6.07, 6.45) is 0. The smallest absolute Gasteiger partial charge is 0.218 e. The molecule has 1 aromatic heterocycles. The normalized spacial score (nSPS) is 12.9. The molecular weight excluding hydrogens is 222 g/mol. The van der Waals surface area contributed by atoms with Gasteiger partial charge in [0.2, 0.25) is 5.96 Å². The minimum atomic E-state index is 0.186. The number of aryl methyl sites for hydroxylation is 1. The average Bonchev–Trinajstić information content (AvgIpc) is 2.64. The van der Waals surface area contributed by atoms with Gasteiger partial charge in [-0.1, -0.05) is 0 Å². The number of hydrogen-bond donors (Lipinski definition) is 2. The second-order valence-corrected chi connectivity index (χ2v) is 4.23. The van der Waals surface area contributed by atoms with E-state index >= 15 is 0 Å². The third-order valence-corrected chi connectivity index (χ3v) is 3.13. The van der Waals surface area contributed by atoms with Gasteiger partial charge in [0, 0.05) is 20.6 Å². The molecule has 0 fully saturated rings. The number of rotatable bonds is 2. The third-order valence-electron chi connectivity index (χ3n) is 2.22. The Labute approximate surface area is 99.5 Å². The van der Waals surface area contributed by atoms with Crippen molar-refractivity contribution in [3.63, 3.8) is 0 Å². The number of nitrogens with zero attached hydrogens (tertiary/aromatic N) is 3. The molecule has 0 aromatic carbocycles. The van der Waals surface area contributed by atoms with Gasteiger partial charge in [0.25, 0.3) is 0 Å². The predicted molar refractivity (Wildman–Crippen MR) is 69.7 cm³/mol. The molecule has 5 nitrogen and oxygen atoms in total. The van der Waals surface area contributed by atoms with Crippen LogP contribution in [0.5, 0.6) is 0 Å². The summed E-state index contributed by atoms with van der Waals surface area (Å²) in [5.74, 6) is 0.556. The van der Waals surface area contributed by atoms with E-state index in [1.807, 2.05) is 11.9 Å². The van der Waals surface area contributed by atoms with E-state index in [-0.39, 0.29) is 5.96 Å². The quantitative estimate of drug-likeness (QED) is 0.590. The van der Waals surface area contributed by atoms with Crippen LogP contribution in [0.3, 0.4) is 0 Å². The summed E-state index contributed by atoms with van der Waals surface area (Å²) in [5, 5.41) is 4.22. The maximum Gasteiger partial charge on any atom is 0.218 e. The Kier molecular flexibility index (Phi) is 4.30. The van der Waals surface area contributed by atoms with Crippen molar-refractivity contribution in [2.45, 2.75) is 13.5 Å². The standard InChI is InChI=1S/C10H17N5S/c1-7-5-16-6-8(7)4-15(3)10(12)14-9(11)13-2/h5-6H,4H2,1-3H3,(H4,11,12,13,14). The minimum Gasteiger partial charge on any atom is -0.369 e. The topological polar surface area (TPSA) is 80.0 Å². The van der Waals surface area contributed by atoms with Crippen molar-refractivity contribution in [1.29, 1.82) is 0 Å². The lowest BCUT2D eigenvalue weighted by molar-refractivity contribution is 0.495. The Morgan fingerprint density at radius 3 is 2.62 bits per heavy atom. The first kappa shape index (κ1) is 12.5. The zero-order valence-corrected chi connectivity index (χ0v) is 10.6. The molecule has 1 rings (SSSR count). The van der Waals surface area contributed by atoms with Crippen molar-refractivity contribution < 1.29 is 0 Å². The maximum atomic E-state index is 5.78. The molecule has 0 unspecified atom stereocenters. The zero-order chi connectivity index (χ0) is 12.1. The zero-order valence-electron chi connectivity index (χ0n) is 9.77. The SMILES string of the molecule is CN=C(N)/N=C(\N)N(C)Cc1cscc1C. The number of hydrogen-bond acceptors (Lipinski definition) is 2. The molecule has 0 aliphatic carbocycles. The molecule has 0 bridgehead atoms. The summed E-state index contributed by atoms with van der Waals surface area (Å²) in [5.41, 5.74) is 13.8. The van der Waals surface area contributed by atoms with Crippen LogP contribution in [0.25, 0.3) is 0 Å². The monoisotopic (exact) mass is 239 g/mol. The molecule has 16 heavy (non-hydrogen) atoms. The molecule has 1 aromatic rings. The molecule has 1 heterocycles. The van der Waals surface area contributed by atoms with Crippen LogP contribution in [-0.4, -0.2) is 30.9 Å². The van der Waals surface area contributed by atoms with Crippen molar-refractivity contribution in [1.82, 2.24) is 4.90 Å². The van der Waals surface area contributed by atoms with Gasteiger partial charge in [-0.05, 0) is 28.8 Å². The van der Waals surface area contributed by atoms with Crippen molar-refractivity contribution in [2.24, 2.45) is 21.5 Å². The Balaban J connectivity index is 2.69. The van der Waals surface area contributed by atoms with Gasteiger partial charge >= 0.3 is 0 Å². The van der Waals surface area contributed by atoms with E-state index in [4.69, 9.17) is 11.5 Å². The van der Waals surface area contributed by atoms with Gasteiger partial charge in [-0.25, -0.2) is 0 Å². The Morgan fingerprint density at radius 2 is 2.12 bits per heavy atom. The average molecular weight is 239 g/mol.